The molecule has 2 aliphatic heterocycles. The largest absolute Gasteiger partial charge is 0.490 e. The van der Waals surface area contributed by atoms with Crippen LogP contribution in [0.1, 0.15) is 46.5 Å². The predicted molar refractivity (Wildman–Crippen MR) is 147 cm³/mol. The Morgan fingerprint density at radius 1 is 1.05 bits per heavy atom. The van der Waals surface area contributed by atoms with Gasteiger partial charge in [-0.3, -0.25) is 4.79 Å². The normalized spacial score (nSPS) is 18.4. The summed E-state index contributed by atoms with van der Waals surface area (Å²) in [6.07, 6.45) is 4.78. The number of ether oxygens (including phenoxy) is 1. The number of hydrogen-bond donors (Lipinski definition) is 0. The minimum absolute atomic E-state index is 0.0565. The van der Waals surface area contributed by atoms with E-state index in [1.54, 1.807) is 17.9 Å². The van der Waals surface area contributed by atoms with E-state index in [0.29, 0.717) is 44.0 Å². The predicted octanol–water partition coefficient (Wildman–Crippen LogP) is 4.90. The molecule has 1 atom stereocenters. The SMILES string of the molecule is Cc1cc(C)c(/C=C/c2onc(C)c2S(=O)(=O)N2CCC[C@H](C(=O)N3CCOc4ccccc43)C2)c(C)c1. The van der Waals surface area contributed by atoms with Gasteiger partial charge in [0.1, 0.15) is 18.1 Å². The number of amides is 1. The van der Waals surface area contributed by atoms with Crippen LogP contribution in [0.3, 0.4) is 0 Å². The van der Waals surface area contributed by atoms with Crippen LogP contribution in [0.2, 0.25) is 0 Å². The monoisotopic (exact) mass is 535 g/mol. The van der Waals surface area contributed by atoms with Gasteiger partial charge < -0.3 is 14.2 Å². The number of hydrogen-bond acceptors (Lipinski definition) is 6. The van der Waals surface area contributed by atoms with Gasteiger partial charge in [-0.15, -0.1) is 0 Å². The van der Waals surface area contributed by atoms with Crippen molar-refractivity contribution in [3.05, 3.63) is 70.1 Å². The van der Waals surface area contributed by atoms with Crippen molar-refractivity contribution in [2.45, 2.75) is 45.4 Å². The van der Waals surface area contributed by atoms with E-state index >= 15 is 0 Å². The van der Waals surface area contributed by atoms with Crippen molar-refractivity contribution in [2.75, 3.05) is 31.1 Å². The van der Waals surface area contributed by atoms with Gasteiger partial charge in [0.25, 0.3) is 0 Å². The molecule has 2 aromatic carbocycles. The van der Waals surface area contributed by atoms with Gasteiger partial charge in [0.2, 0.25) is 15.9 Å². The number of para-hydroxylation sites is 2. The smallest absolute Gasteiger partial charge is 0.248 e. The third-order valence-corrected chi connectivity index (χ3v) is 9.32. The zero-order chi connectivity index (χ0) is 27.0. The first-order valence-corrected chi connectivity index (χ1v) is 14.4. The first kappa shape index (κ1) is 26.2. The number of nitrogens with zero attached hydrogens (tertiary/aromatic N) is 3. The number of anilines is 1. The van der Waals surface area contributed by atoms with Gasteiger partial charge in [-0.1, -0.05) is 41.1 Å². The second kappa shape index (κ2) is 10.4. The van der Waals surface area contributed by atoms with Crippen LogP contribution in [-0.2, 0) is 14.8 Å². The lowest BCUT2D eigenvalue weighted by atomic mass is 9.97. The molecule has 0 radical (unpaired) electrons. The molecule has 8 nitrogen and oxygen atoms in total. The lowest BCUT2D eigenvalue weighted by Crippen LogP contribution is -2.48. The number of aryl methyl sites for hydroxylation is 4. The van der Waals surface area contributed by atoms with Crippen molar-refractivity contribution in [3.8, 4) is 5.75 Å². The quantitative estimate of drug-likeness (QED) is 0.461. The Morgan fingerprint density at radius 3 is 2.55 bits per heavy atom. The number of benzene rings is 2. The fraction of sp³-hybridized carbons (Fsp3) is 0.379. The van der Waals surface area contributed by atoms with E-state index < -0.39 is 15.9 Å². The van der Waals surface area contributed by atoms with Crippen LogP contribution in [0, 0.1) is 33.6 Å². The van der Waals surface area contributed by atoms with Crippen molar-refractivity contribution >= 4 is 33.8 Å². The highest BCUT2D eigenvalue weighted by Crippen LogP contribution is 2.35. The molecule has 2 aliphatic rings. The molecule has 5 rings (SSSR count). The molecule has 0 spiro atoms. The van der Waals surface area contributed by atoms with Gasteiger partial charge in [-0.2, -0.15) is 4.31 Å². The molecule has 0 N–H and O–H groups in total. The summed E-state index contributed by atoms with van der Waals surface area (Å²) in [7, 11) is -3.94. The molecule has 0 unspecified atom stereocenters. The molecule has 3 aromatic rings. The van der Waals surface area contributed by atoms with Crippen LogP contribution in [0.4, 0.5) is 5.69 Å². The van der Waals surface area contributed by atoms with Crippen LogP contribution >= 0.6 is 0 Å². The van der Waals surface area contributed by atoms with Crippen LogP contribution < -0.4 is 9.64 Å². The summed E-state index contributed by atoms with van der Waals surface area (Å²) in [4.78, 5) is 15.3. The molecule has 0 bridgehead atoms. The summed E-state index contributed by atoms with van der Waals surface area (Å²) < 4.78 is 40.3. The molecule has 1 aromatic heterocycles. The molecule has 1 amide bonds. The Morgan fingerprint density at radius 2 is 1.79 bits per heavy atom. The minimum Gasteiger partial charge on any atom is -0.490 e. The summed E-state index contributed by atoms with van der Waals surface area (Å²) in [5.74, 6) is 0.343. The number of carbonyl (C=O) groups is 1. The van der Waals surface area contributed by atoms with E-state index in [2.05, 4.69) is 17.3 Å². The topological polar surface area (TPSA) is 93.0 Å². The van der Waals surface area contributed by atoms with Crippen molar-refractivity contribution in [1.29, 1.82) is 0 Å². The second-order valence-corrected chi connectivity index (χ2v) is 12.0. The van der Waals surface area contributed by atoms with Crippen molar-refractivity contribution in [2.24, 2.45) is 5.92 Å². The van der Waals surface area contributed by atoms with Gasteiger partial charge in [0.05, 0.1) is 18.2 Å². The number of fused-ring (bicyclic) bond motifs is 1. The Balaban J connectivity index is 1.40. The highest BCUT2D eigenvalue weighted by atomic mass is 32.2. The van der Waals surface area contributed by atoms with Crippen LogP contribution in [0.5, 0.6) is 5.75 Å². The summed E-state index contributed by atoms with van der Waals surface area (Å²) in [5, 5.41) is 3.98. The molecular weight excluding hydrogens is 502 g/mol. The number of rotatable bonds is 5. The van der Waals surface area contributed by atoms with Crippen molar-refractivity contribution in [1.82, 2.24) is 9.46 Å². The number of carbonyl (C=O) groups excluding carboxylic acids is 1. The summed E-state index contributed by atoms with van der Waals surface area (Å²) in [6.45, 7) is 9.05. The maximum Gasteiger partial charge on any atom is 0.248 e. The number of sulfonamides is 1. The van der Waals surface area contributed by atoms with E-state index in [-0.39, 0.29) is 23.1 Å². The maximum atomic E-state index is 13.9. The summed E-state index contributed by atoms with van der Waals surface area (Å²) >= 11 is 0. The minimum atomic E-state index is -3.94. The van der Waals surface area contributed by atoms with Gasteiger partial charge in [-0.25, -0.2) is 8.42 Å². The summed E-state index contributed by atoms with van der Waals surface area (Å²) in [5.41, 5.74) is 5.42. The van der Waals surface area contributed by atoms with Gasteiger partial charge in [-0.05, 0) is 75.4 Å². The van der Waals surface area contributed by atoms with E-state index in [9.17, 15) is 13.2 Å². The highest BCUT2D eigenvalue weighted by molar-refractivity contribution is 7.89. The lowest BCUT2D eigenvalue weighted by Gasteiger charge is -2.36. The lowest BCUT2D eigenvalue weighted by molar-refractivity contribution is -0.123. The zero-order valence-electron chi connectivity index (χ0n) is 22.2. The third kappa shape index (κ3) is 4.88. The fourth-order valence-electron chi connectivity index (χ4n) is 5.52. The molecule has 38 heavy (non-hydrogen) atoms. The van der Waals surface area contributed by atoms with E-state index in [1.165, 1.54) is 9.87 Å². The highest BCUT2D eigenvalue weighted by Gasteiger charge is 2.39. The van der Waals surface area contributed by atoms with E-state index in [0.717, 1.165) is 22.4 Å². The van der Waals surface area contributed by atoms with Crippen molar-refractivity contribution < 1.29 is 22.5 Å². The molecule has 0 saturated carbocycles. The molecular formula is C29H33N3O5S. The van der Waals surface area contributed by atoms with Crippen molar-refractivity contribution in [3.63, 3.8) is 0 Å². The second-order valence-electron chi connectivity index (χ2n) is 10.1. The fourth-order valence-corrected chi connectivity index (χ4v) is 7.30. The zero-order valence-corrected chi connectivity index (χ0v) is 23.0. The maximum absolute atomic E-state index is 13.9. The summed E-state index contributed by atoms with van der Waals surface area (Å²) in [6, 6.07) is 11.6. The molecule has 9 heteroatoms. The number of aromatic nitrogens is 1. The third-order valence-electron chi connectivity index (χ3n) is 7.30. The Bertz CT molecular complexity index is 1490. The van der Waals surface area contributed by atoms with Gasteiger partial charge >= 0.3 is 0 Å². The van der Waals surface area contributed by atoms with Crippen LogP contribution in [-0.4, -0.2) is 50.0 Å². The van der Waals surface area contributed by atoms with E-state index in [1.807, 2.05) is 51.1 Å². The van der Waals surface area contributed by atoms with Gasteiger partial charge in [0, 0.05) is 13.1 Å². The molecule has 1 fully saturated rings. The Hall–Kier alpha value is -3.43. The first-order chi connectivity index (χ1) is 18.2. The first-order valence-electron chi connectivity index (χ1n) is 12.9. The standard InChI is InChI=1S/C29H33N3O5S/c1-19-16-20(2)24(21(3)17-19)11-12-27-28(22(4)30-37-27)38(34,35)31-13-7-8-23(18-31)29(33)32-14-15-36-26-10-6-5-9-25(26)32/h5-6,9-12,16-17,23H,7-8,13-15,18H2,1-4H3/b12-11+/t23-/m0/s1. The Labute approximate surface area is 223 Å². The molecule has 1 saturated heterocycles. The van der Waals surface area contributed by atoms with Crippen LogP contribution in [0.25, 0.3) is 12.2 Å². The van der Waals surface area contributed by atoms with Crippen LogP contribution in [0.15, 0.2) is 45.8 Å². The molecule has 200 valence electrons. The van der Waals surface area contributed by atoms with E-state index in [4.69, 9.17) is 9.26 Å². The average Bonchev–Trinajstić information content (AvgIpc) is 3.28. The number of piperidine rings is 1. The molecule has 0 aliphatic carbocycles. The average molecular weight is 536 g/mol. The Kier molecular flexibility index (Phi) is 7.15. The van der Waals surface area contributed by atoms with Gasteiger partial charge in [0.15, 0.2) is 10.7 Å². The molecule has 3 heterocycles.